The molecule has 0 saturated heterocycles. The average Bonchev–Trinajstić information content (AvgIpc) is 2.32. The van der Waals surface area contributed by atoms with E-state index in [0.717, 1.165) is 5.70 Å². The zero-order valence-electron chi connectivity index (χ0n) is 6.68. The molecular formula is C8H11N3. The van der Waals surface area contributed by atoms with Crippen molar-refractivity contribution in [3.05, 3.63) is 35.3 Å². The third kappa shape index (κ3) is 0.935. The average molecular weight is 149 g/mol. The Morgan fingerprint density at radius 3 is 2.91 bits per heavy atom. The number of nitrogens with one attached hydrogen (secondary N) is 2. The fourth-order valence-corrected chi connectivity index (χ4v) is 1.21. The van der Waals surface area contributed by atoms with Gasteiger partial charge in [-0.3, -0.25) is 5.01 Å². The van der Waals surface area contributed by atoms with Crippen LogP contribution in [0.4, 0.5) is 0 Å². The van der Waals surface area contributed by atoms with E-state index in [1.54, 1.807) is 0 Å². The van der Waals surface area contributed by atoms with Crippen LogP contribution in [-0.2, 0) is 0 Å². The van der Waals surface area contributed by atoms with E-state index in [-0.39, 0.29) is 0 Å². The summed E-state index contributed by atoms with van der Waals surface area (Å²) in [6.45, 7) is 4.11. The molecule has 0 radical (unpaired) electrons. The van der Waals surface area contributed by atoms with Gasteiger partial charge in [-0.25, -0.2) is 0 Å². The van der Waals surface area contributed by atoms with E-state index in [4.69, 9.17) is 0 Å². The van der Waals surface area contributed by atoms with E-state index in [0.29, 0.717) is 0 Å². The minimum absolute atomic E-state index is 1.16. The minimum atomic E-state index is 1.16. The molecule has 0 aromatic carbocycles. The van der Waals surface area contributed by atoms with E-state index in [2.05, 4.69) is 36.2 Å². The molecule has 2 heterocycles. The summed E-state index contributed by atoms with van der Waals surface area (Å²) in [5.41, 5.74) is 9.66. The molecular weight excluding hydrogens is 138 g/mol. The Hall–Kier alpha value is -1.22. The lowest BCUT2D eigenvalue weighted by atomic mass is 10.2. The van der Waals surface area contributed by atoms with E-state index >= 15 is 0 Å². The SMILES string of the molecule is CC1=CN2NNC(C)=C2C=C1. The molecule has 11 heavy (non-hydrogen) atoms. The van der Waals surface area contributed by atoms with Crippen molar-refractivity contribution in [2.45, 2.75) is 13.8 Å². The van der Waals surface area contributed by atoms with Crippen molar-refractivity contribution < 1.29 is 0 Å². The van der Waals surface area contributed by atoms with E-state index in [9.17, 15) is 0 Å². The maximum absolute atomic E-state index is 3.04. The Morgan fingerprint density at radius 1 is 1.27 bits per heavy atom. The van der Waals surface area contributed by atoms with Crippen LogP contribution >= 0.6 is 0 Å². The number of hydrogen-bond donors (Lipinski definition) is 2. The summed E-state index contributed by atoms with van der Waals surface area (Å²) in [5.74, 6) is 0. The lowest BCUT2D eigenvalue weighted by Gasteiger charge is -2.17. The first-order valence-electron chi connectivity index (χ1n) is 3.65. The summed E-state index contributed by atoms with van der Waals surface area (Å²) < 4.78 is 0. The van der Waals surface area contributed by atoms with Gasteiger partial charge in [-0.05, 0) is 25.5 Å². The van der Waals surface area contributed by atoms with Gasteiger partial charge in [0.25, 0.3) is 0 Å². The summed E-state index contributed by atoms with van der Waals surface area (Å²) in [5, 5.41) is 1.98. The zero-order chi connectivity index (χ0) is 7.84. The first-order chi connectivity index (χ1) is 5.27. The van der Waals surface area contributed by atoms with Gasteiger partial charge in [0.2, 0.25) is 0 Å². The molecule has 0 aromatic heterocycles. The van der Waals surface area contributed by atoms with Crippen molar-refractivity contribution in [1.29, 1.82) is 0 Å². The van der Waals surface area contributed by atoms with E-state index in [1.807, 2.05) is 11.9 Å². The van der Waals surface area contributed by atoms with Gasteiger partial charge in [0.15, 0.2) is 0 Å². The molecule has 0 aliphatic carbocycles. The van der Waals surface area contributed by atoms with Crippen molar-refractivity contribution >= 4 is 0 Å². The van der Waals surface area contributed by atoms with Gasteiger partial charge in [0.05, 0.1) is 11.4 Å². The fourth-order valence-electron chi connectivity index (χ4n) is 1.21. The molecule has 2 rings (SSSR count). The maximum Gasteiger partial charge on any atom is 0.0789 e. The smallest absolute Gasteiger partial charge is 0.0789 e. The first-order valence-corrected chi connectivity index (χ1v) is 3.65. The van der Waals surface area contributed by atoms with E-state index < -0.39 is 0 Å². The molecule has 0 saturated carbocycles. The molecule has 0 bridgehead atoms. The van der Waals surface area contributed by atoms with Crippen molar-refractivity contribution in [3.63, 3.8) is 0 Å². The zero-order valence-corrected chi connectivity index (χ0v) is 6.68. The summed E-state index contributed by atoms with van der Waals surface area (Å²) in [6, 6.07) is 0. The highest BCUT2D eigenvalue weighted by atomic mass is 15.7. The Morgan fingerprint density at radius 2 is 2.09 bits per heavy atom. The maximum atomic E-state index is 3.04. The van der Waals surface area contributed by atoms with Gasteiger partial charge in [-0.15, -0.1) is 5.53 Å². The molecule has 0 unspecified atom stereocenters. The Kier molecular flexibility index (Phi) is 1.26. The van der Waals surface area contributed by atoms with Crippen LogP contribution in [0.1, 0.15) is 13.8 Å². The highest BCUT2D eigenvalue weighted by molar-refractivity contribution is 5.35. The molecule has 3 nitrogen and oxygen atoms in total. The van der Waals surface area contributed by atoms with Crippen LogP contribution in [0.2, 0.25) is 0 Å². The van der Waals surface area contributed by atoms with Crippen LogP contribution in [0, 0.1) is 0 Å². The topological polar surface area (TPSA) is 27.3 Å². The predicted octanol–water partition coefficient (Wildman–Crippen LogP) is 1.02. The van der Waals surface area contributed by atoms with Crippen molar-refractivity contribution in [3.8, 4) is 0 Å². The fraction of sp³-hybridized carbons (Fsp3) is 0.250. The molecule has 2 aliphatic rings. The summed E-state index contributed by atoms with van der Waals surface area (Å²) in [4.78, 5) is 0. The Bertz CT molecular complexity index is 273. The van der Waals surface area contributed by atoms with Crippen LogP contribution in [-0.4, -0.2) is 5.01 Å². The number of rotatable bonds is 0. The minimum Gasteiger partial charge on any atom is -0.306 e. The monoisotopic (exact) mass is 149 g/mol. The molecule has 3 heteroatoms. The van der Waals surface area contributed by atoms with Gasteiger partial charge in [0, 0.05) is 6.20 Å². The van der Waals surface area contributed by atoms with Gasteiger partial charge in [-0.2, -0.15) is 0 Å². The normalized spacial score (nSPS) is 21.6. The van der Waals surface area contributed by atoms with E-state index in [1.165, 1.54) is 11.3 Å². The van der Waals surface area contributed by atoms with Crippen LogP contribution in [0.15, 0.2) is 35.3 Å². The standard InChI is InChI=1S/C8H11N3/c1-6-3-4-8-7(2)9-10-11(8)5-6/h3-5,9-10H,1-2H3. The molecule has 2 N–H and O–H groups in total. The molecule has 0 atom stereocenters. The van der Waals surface area contributed by atoms with Crippen molar-refractivity contribution in [2.75, 3.05) is 0 Å². The summed E-state index contributed by atoms with van der Waals surface area (Å²) in [6.07, 6.45) is 6.25. The van der Waals surface area contributed by atoms with Crippen LogP contribution < -0.4 is 11.0 Å². The quantitative estimate of drug-likeness (QED) is 0.538. The van der Waals surface area contributed by atoms with Gasteiger partial charge in [-0.1, -0.05) is 6.08 Å². The lowest BCUT2D eigenvalue weighted by Crippen LogP contribution is -2.34. The molecule has 0 spiro atoms. The number of hydrogen-bond acceptors (Lipinski definition) is 3. The Labute approximate surface area is 66.0 Å². The molecule has 0 aromatic rings. The summed E-state index contributed by atoms with van der Waals surface area (Å²) >= 11 is 0. The molecule has 0 fully saturated rings. The number of allylic oxidation sites excluding steroid dienone is 4. The second kappa shape index (κ2) is 2.13. The third-order valence-electron chi connectivity index (χ3n) is 1.84. The molecule has 2 aliphatic heterocycles. The Balaban J connectivity index is 2.37. The molecule has 0 amide bonds. The highest BCUT2D eigenvalue weighted by Crippen LogP contribution is 2.19. The van der Waals surface area contributed by atoms with Crippen LogP contribution in [0.25, 0.3) is 0 Å². The first kappa shape index (κ1) is 6.49. The third-order valence-corrected chi connectivity index (χ3v) is 1.84. The van der Waals surface area contributed by atoms with Crippen LogP contribution in [0.5, 0.6) is 0 Å². The predicted molar refractivity (Wildman–Crippen MR) is 43.7 cm³/mol. The number of fused-ring (bicyclic) bond motifs is 1. The van der Waals surface area contributed by atoms with Gasteiger partial charge >= 0.3 is 0 Å². The lowest BCUT2D eigenvalue weighted by molar-refractivity contribution is 0.346. The largest absolute Gasteiger partial charge is 0.306 e. The second-order valence-electron chi connectivity index (χ2n) is 2.82. The summed E-state index contributed by atoms with van der Waals surface area (Å²) in [7, 11) is 0. The number of nitrogens with zero attached hydrogens (tertiary/aromatic N) is 1. The van der Waals surface area contributed by atoms with Crippen molar-refractivity contribution in [2.24, 2.45) is 0 Å². The van der Waals surface area contributed by atoms with Crippen molar-refractivity contribution in [1.82, 2.24) is 16.0 Å². The molecule has 58 valence electrons. The number of hydrazine groups is 2. The van der Waals surface area contributed by atoms with Gasteiger partial charge < -0.3 is 5.43 Å². The highest BCUT2D eigenvalue weighted by Gasteiger charge is 2.16. The van der Waals surface area contributed by atoms with Crippen LogP contribution in [0.3, 0.4) is 0 Å². The van der Waals surface area contributed by atoms with Gasteiger partial charge in [0.1, 0.15) is 0 Å². The second-order valence-corrected chi connectivity index (χ2v) is 2.82.